The zero-order valence-electron chi connectivity index (χ0n) is 10.1. The fourth-order valence-electron chi connectivity index (χ4n) is 2.12. The Balaban J connectivity index is 2.08. The zero-order valence-corrected chi connectivity index (χ0v) is 11.7. The van der Waals surface area contributed by atoms with Crippen molar-refractivity contribution in [1.82, 2.24) is 20.0 Å². The normalized spacial score (nSPS) is 27.2. The van der Waals surface area contributed by atoms with Gasteiger partial charge < -0.3 is 5.32 Å². The first kappa shape index (κ1) is 12.1. The summed E-state index contributed by atoms with van der Waals surface area (Å²) in [6.45, 7) is 7.63. The summed E-state index contributed by atoms with van der Waals surface area (Å²) in [5, 5.41) is 7.75. The van der Waals surface area contributed by atoms with E-state index < -0.39 is 0 Å². The first-order valence-corrected chi connectivity index (χ1v) is 6.51. The average molecular weight is 287 g/mol. The highest BCUT2D eigenvalue weighted by atomic mass is 79.9. The molecule has 2 unspecified atom stereocenters. The Kier molecular flexibility index (Phi) is 3.66. The van der Waals surface area contributed by atoms with Crippen LogP contribution in [0.25, 0.3) is 0 Å². The van der Waals surface area contributed by atoms with Crippen molar-refractivity contribution >= 4 is 15.9 Å². The first-order chi connectivity index (χ1) is 7.58. The van der Waals surface area contributed by atoms with Crippen LogP contribution in [-0.4, -0.2) is 39.9 Å². The number of nitrogens with zero attached hydrogens (tertiary/aromatic N) is 3. The minimum absolute atomic E-state index is 0.572. The molecule has 16 heavy (non-hydrogen) atoms. The number of aryl methyl sites for hydroxylation is 1. The molecule has 2 heterocycles. The number of aromatic nitrogens is 2. The van der Waals surface area contributed by atoms with E-state index in [2.05, 4.69) is 45.1 Å². The lowest BCUT2D eigenvalue weighted by Gasteiger charge is -2.37. The van der Waals surface area contributed by atoms with Crippen LogP contribution in [0.15, 0.2) is 10.7 Å². The SMILES string of the molecule is CC1CN(Cc2c(Br)cnn2C)C(C)CN1. The van der Waals surface area contributed by atoms with Crippen molar-refractivity contribution in [3.05, 3.63) is 16.4 Å². The molecule has 2 atom stereocenters. The smallest absolute Gasteiger partial charge is 0.0663 e. The van der Waals surface area contributed by atoms with Gasteiger partial charge in [0, 0.05) is 38.8 Å². The lowest BCUT2D eigenvalue weighted by Crippen LogP contribution is -2.53. The van der Waals surface area contributed by atoms with Gasteiger partial charge in [0.15, 0.2) is 0 Å². The molecular formula is C11H19BrN4. The van der Waals surface area contributed by atoms with Crippen molar-refractivity contribution in [1.29, 1.82) is 0 Å². The molecule has 0 radical (unpaired) electrons. The molecule has 5 heteroatoms. The number of nitrogens with one attached hydrogen (secondary N) is 1. The molecule has 1 fully saturated rings. The minimum atomic E-state index is 0.572. The third-order valence-corrected chi connectivity index (χ3v) is 3.92. The number of hydrogen-bond acceptors (Lipinski definition) is 3. The van der Waals surface area contributed by atoms with Crippen molar-refractivity contribution < 1.29 is 0 Å². The molecule has 0 spiro atoms. The van der Waals surface area contributed by atoms with Crippen molar-refractivity contribution in [2.24, 2.45) is 7.05 Å². The van der Waals surface area contributed by atoms with Crippen LogP contribution in [0.3, 0.4) is 0 Å². The number of hydrogen-bond donors (Lipinski definition) is 1. The highest BCUT2D eigenvalue weighted by Crippen LogP contribution is 2.19. The van der Waals surface area contributed by atoms with Gasteiger partial charge in [0.1, 0.15) is 0 Å². The summed E-state index contributed by atoms with van der Waals surface area (Å²) in [7, 11) is 2.00. The topological polar surface area (TPSA) is 33.1 Å². The summed E-state index contributed by atoms with van der Waals surface area (Å²) in [4.78, 5) is 2.50. The van der Waals surface area contributed by atoms with Gasteiger partial charge in [-0.2, -0.15) is 5.10 Å². The fourth-order valence-corrected chi connectivity index (χ4v) is 2.60. The second-order valence-corrected chi connectivity index (χ2v) is 5.50. The Morgan fingerprint density at radius 1 is 1.56 bits per heavy atom. The molecule has 1 aromatic rings. The van der Waals surface area contributed by atoms with Crippen LogP contribution in [0.1, 0.15) is 19.5 Å². The Bertz CT molecular complexity index is 343. The summed E-state index contributed by atoms with van der Waals surface area (Å²) < 4.78 is 3.05. The molecule has 0 bridgehead atoms. The predicted molar refractivity (Wildman–Crippen MR) is 68.2 cm³/mol. The van der Waals surface area contributed by atoms with Gasteiger partial charge in [-0.05, 0) is 29.8 Å². The van der Waals surface area contributed by atoms with Crippen LogP contribution < -0.4 is 5.32 Å². The molecule has 1 aliphatic heterocycles. The molecule has 4 nitrogen and oxygen atoms in total. The van der Waals surface area contributed by atoms with Gasteiger partial charge >= 0.3 is 0 Å². The maximum absolute atomic E-state index is 4.25. The van der Waals surface area contributed by atoms with E-state index in [4.69, 9.17) is 0 Å². The number of halogens is 1. The molecule has 1 aliphatic rings. The Labute approximate surface area is 105 Å². The molecule has 1 aromatic heterocycles. The quantitative estimate of drug-likeness (QED) is 0.891. The highest BCUT2D eigenvalue weighted by Gasteiger charge is 2.23. The van der Waals surface area contributed by atoms with Crippen LogP contribution in [0.4, 0.5) is 0 Å². The van der Waals surface area contributed by atoms with E-state index in [1.807, 2.05) is 17.9 Å². The van der Waals surface area contributed by atoms with Gasteiger partial charge in [0.05, 0.1) is 16.4 Å². The highest BCUT2D eigenvalue weighted by molar-refractivity contribution is 9.10. The molecule has 1 N–H and O–H groups in total. The Hall–Kier alpha value is -0.390. The van der Waals surface area contributed by atoms with E-state index in [0.717, 1.165) is 24.1 Å². The van der Waals surface area contributed by atoms with Crippen LogP contribution >= 0.6 is 15.9 Å². The molecule has 0 saturated carbocycles. The lowest BCUT2D eigenvalue weighted by molar-refractivity contribution is 0.135. The molecule has 0 aliphatic carbocycles. The zero-order chi connectivity index (χ0) is 11.7. The van der Waals surface area contributed by atoms with E-state index in [9.17, 15) is 0 Å². The van der Waals surface area contributed by atoms with Crippen LogP contribution in [0.5, 0.6) is 0 Å². The van der Waals surface area contributed by atoms with Crippen molar-refractivity contribution in [3.8, 4) is 0 Å². The minimum Gasteiger partial charge on any atom is -0.311 e. The molecule has 90 valence electrons. The van der Waals surface area contributed by atoms with Gasteiger partial charge in [0.25, 0.3) is 0 Å². The van der Waals surface area contributed by atoms with Gasteiger partial charge in [0.2, 0.25) is 0 Å². The van der Waals surface area contributed by atoms with E-state index in [0.29, 0.717) is 12.1 Å². The summed E-state index contributed by atoms with van der Waals surface area (Å²) in [5.74, 6) is 0. The summed E-state index contributed by atoms with van der Waals surface area (Å²) in [5.41, 5.74) is 1.25. The van der Waals surface area contributed by atoms with Crippen LogP contribution in [-0.2, 0) is 13.6 Å². The third-order valence-electron chi connectivity index (χ3n) is 3.26. The van der Waals surface area contributed by atoms with Crippen molar-refractivity contribution in [3.63, 3.8) is 0 Å². The standard InChI is InChI=1S/C11H19BrN4/c1-8-6-16(9(2)4-13-8)7-11-10(12)5-14-15(11)3/h5,8-9,13H,4,6-7H2,1-3H3. The van der Waals surface area contributed by atoms with E-state index in [1.54, 1.807) is 0 Å². The monoisotopic (exact) mass is 286 g/mol. The summed E-state index contributed by atoms with van der Waals surface area (Å²) in [6, 6.07) is 1.15. The van der Waals surface area contributed by atoms with Crippen molar-refractivity contribution in [2.75, 3.05) is 13.1 Å². The second kappa shape index (κ2) is 4.85. The Morgan fingerprint density at radius 3 is 2.94 bits per heavy atom. The summed E-state index contributed by atoms with van der Waals surface area (Å²) >= 11 is 3.55. The van der Waals surface area contributed by atoms with E-state index in [1.165, 1.54) is 5.69 Å². The first-order valence-electron chi connectivity index (χ1n) is 5.71. The van der Waals surface area contributed by atoms with Gasteiger partial charge in [-0.3, -0.25) is 9.58 Å². The Morgan fingerprint density at radius 2 is 2.31 bits per heavy atom. The third kappa shape index (κ3) is 2.47. The van der Waals surface area contributed by atoms with Gasteiger partial charge in [-0.1, -0.05) is 0 Å². The molecule has 1 saturated heterocycles. The predicted octanol–water partition coefficient (Wildman–Crippen LogP) is 1.36. The average Bonchev–Trinajstić information content (AvgIpc) is 2.55. The summed E-state index contributed by atoms with van der Waals surface area (Å²) in [6.07, 6.45) is 1.87. The van der Waals surface area contributed by atoms with Gasteiger partial charge in [-0.15, -0.1) is 0 Å². The lowest BCUT2D eigenvalue weighted by atomic mass is 10.1. The molecule has 0 aromatic carbocycles. The molecule has 2 rings (SSSR count). The van der Waals surface area contributed by atoms with E-state index in [-0.39, 0.29) is 0 Å². The number of rotatable bonds is 2. The maximum Gasteiger partial charge on any atom is 0.0663 e. The van der Waals surface area contributed by atoms with Crippen LogP contribution in [0, 0.1) is 0 Å². The number of piperazine rings is 1. The fraction of sp³-hybridized carbons (Fsp3) is 0.727. The molecular weight excluding hydrogens is 268 g/mol. The van der Waals surface area contributed by atoms with Crippen LogP contribution in [0.2, 0.25) is 0 Å². The van der Waals surface area contributed by atoms with Crippen molar-refractivity contribution in [2.45, 2.75) is 32.5 Å². The second-order valence-electron chi connectivity index (χ2n) is 4.65. The largest absolute Gasteiger partial charge is 0.311 e. The van der Waals surface area contributed by atoms with E-state index >= 15 is 0 Å². The maximum atomic E-state index is 4.25. The molecule has 0 amide bonds. The van der Waals surface area contributed by atoms with Gasteiger partial charge in [-0.25, -0.2) is 0 Å².